The van der Waals surface area contributed by atoms with Gasteiger partial charge in [-0.25, -0.2) is 8.78 Å². The molecular weight excluding hydrogens is 252 g/mol. The Hall–Kier alpha value is -2.24. The van der Waals surface area contributed by atoms with Gasteiger partial charge in [-0.05, 0) is 25.1 Å². The van der Waals surface area contributed by atoms with E-state index in [9.17, 15) is 13.6 Å². The number of anilines is 1. The summed E-state index contributed by atoms with van der Waals surface area (Å²) >= 11 is 0. The molecule has 19 heavy (non-hydrogen) atoms. The molecule has 2 aromatic rings. The Kier molecular flexibility index (Phi) is 3.59. The largest absolute Gasteiger partial charge is 0.323 e. The van der Waals surface area contributed by atoms with E-state index in [1.165, 1.54) is 6.07 Å². The van der Waals surface area contributed by atoms with E-state index in [1.54, 1.807) is 17.8 Å². The summed E-state index contributed by atoms with van der Waals surface area (Å²) in [4.78, 5) is 11.8. The molecule has 0 aliphatic carbocycles. The van der Waals surface area contributed by atoms with Crippen LogP contribution in [0.3, 0.4) is 0 Å². The number of carbonyl (C=O) groups excluding carboxylic acids is 1. The van der Waals surface area contributed by atoms with E-state index in [0.29, 0.717) is 0 Å². The van der Waals surface area contributed by atoms with Crippen LogP contribution in [0.4, 0.5) is 14.5 Å². The van der Waals surface area contributed by atoms with E-state index in [1.807, 2.05) is 6.92 Å². The second-order valence-corrected chi connectivity index (χ2v) is 4.25. The molecule has 0 saturated carbocycles. The van der Waals surface area contributed by atoms with Crippen LogP contribution in [0.25, 0.3) is 0 Å². The van der Waals surface area contributed by atoms with Crippen LogP contribution in [0.1, 0.15) is 11.4 Å². The van der Waals surface area contributed by atoms with Crippen LogP contribution in [0.5, 0.6) is 0 Å². The van der Waals surface area contributed by atoms with Crippen LogP contribution in [0.2, 0.25) is 0 Å². The molecule has 0 aliphatic heterocycles. The number of halogens is 2. The van der Waals surface area contributed by atoms with Crippen molar-refractivity contribution in [2.24, 2.45) is 7.05 Å². The van der Waals surface area contributed by atoms with Gasteiger partial charge in [0.15, 0.2) is 0 Å². The maximum absolute atomic E-state index is 13.4. The van der Waals surface area contributed by atoms with Crippen LogP contribution in [0.15, 0.2) is 24.3 Å². The fraction of sp³-hybridized carbons (Fsp3) is 0.231. The lowest BCUT2D eigenvalue weighted by atomic mass is 10.2. The Bertz CT molecular complexity index is 622. The molecule has 2 rings (SSSR count). The summed E-state index contributed by atoms with van der Waals surface area (Å²) in [7, 11) is 1.73. The molecule has 100 valence electrons. The molecule has 1 amide bonds. The molecule has 4 nitrogen and oxygen atoms in total. The molecule has 0 spiro atoms. The zero-order valence-electron chi connectivity index (χ0n) is 10.6. The minimum absolute atomic E-state index is 0.0368. The Morgan fingerprint density at radius 3 is 2.68 bits per heavy atom. The molecule has 0 fully saturated rings. The summed E-state index contributed by atoms with van der Waals surface area (Å²) in [5, 5.41) is 6.51. The highest BCUT2D eigenvalue weighted by Gasteiger charge is 2.11. The summed E-state index contributed by atoms with van der Waals surface area (Å²) in [6, 6.07) is 4.79. The van der Waals surface area contributed by atoms with E-state index in [-0.39, 0.29) is 18.0 Å². The number of hydrogen-bond donors (Lipinski definition) is 1. The van der Waals surface area contributed by atoms with Crippen molar-refractivity contribution < 1.29 is 13.6 Å². The van der Waals surface area contributed by atoms with Gasteiger partial charge in [-0.2, -0.15) is 5.10 Å². The molecule has 0 unspecified atom stereocenters. The number of aromatic nitrogens is 2. The number of nitrogens with zero attached hydrogens (tertiary/aromatic N) is 2. The lowest BCUT2D eigenvalue weighted by molar-refractivity contribution is -0.115. The van der Waals surface area contributed by atoms with Crippen LogP contribution >= 0.6 is 0 Å². The third-order valence-corrected chi connectivity index (χ3v) is 2.65. The van der Waals surface area contributed by atoms with Crippen LogP contribution in [-0.4, -0.2) is 15.7 Å². The Balaban J connectivity index is 2.07. The highest BCUT2D eigenvalue weighted by Crippen LogP contribution is 2.15. The van der Waals surface area contributed by atoms with Crippen LogP contribution < -0.4 is 5.32 Å². The second-order valence-electron chi connectivity index (χ2n) is 4.25. The van der Waals surface area contributed by atoms with Crippen molar-refractivity contribution in [3.8, 4) is 0 Å². The van der Waals surface area contributed by atoms with Gasteiger partial charge >= 0.3 is 0 Å². The summed E-state index contributed by atoms with van der Waals surface area (Å²) in [6.45, 7) is 1.82. The number of rotatable bonds is 3. The molecule has 1 aromatic heterocycles. The number of aryl methyl sites for hydroxylation is 2. The topological polar surface area (TPSA) is 46.9 Å². The third kappa shape index (κ3) is 3.15. The first-order valence-electron chi connectivity index (χ1n) is 5.70. The van der Waals surface area contributed by atoms with Crippen LogP contribution in [0, 0.1) is 18.6 Å². The first-order chi connectivity index (χ1) is 8.95. The van der Waals surface area contributed by atoms with E-state index in [2.05, 4.69) is 10.4 Å². The van der Waals surface area contributed by atoms with Gasteiger partial charge in [0.25, 0.3) is 0 Å². The van der Waals surface area contributed by atoms with E-state index >= 15 is 0 Å². The third-order valence-electron chi connectivity index (χ3n) is 2.65. The second kappa shape index (κ2) is 5.17. The van der Waals surface area contributed by atoms with Crippen molar-refractivity contribution in [1.29, 1.82) is 0 Å². The average molecular weight is 265 g/mol. The summed E-state index contributed by atoms with van der Waals surface area (Å²) < 4.78 is 27.7. The SMILES string of the molecule is Cc1cc(CC(=O)Nc2ccc(F)cc2F)n(C)n1. The lowest BCUT2D eigenvalue weighted by Gasteiger charge is -2.06. The standard InChI is InChI=1S/C13H13F2N3O/c1-8-5-10(18(2)17-8)7-13(19)16-12-4-3-9(14)6-11(12)15/h3-6H,7H2,1-2H3,(H,16,19). The molecule has 1 heterocycles. The Labute approximate surface area is 109 Å². The molecule has 6 heteroatoms. The quantitative estimate of drug-likeness (QED) is 0.924. The first kappa shape index (κ1) is 13.2. The zero-order valence-corrected chi connectivity index (χ0v) is 10.6. The maximum atomic E-state index is 13.4. The number of carbonyl (C=O) groups is 1. The summed E-state index contributed by atoms with van der Waals surface area (Å²) in [5.41, 5.74) is 1.49. The minimum atomic E-state index is -0.797. The number of nitrogens with one attached hydrogen (secondary N) is 1. The van der Waals surface area contributed by atoms with Gasteiger partial charge in [0.1, 0.15) is 11.6 Å². The average Bonchev–Trinajstić information content (AvgIpc) is 2.61. The molecule has 0 radical (unpaired) electrons. The fourth-order valence-corrected chi connectivity index (χ4v) is 1.78. The number of hydrogen-bond acceptors (Lipinski definition) is 2. The molecule has 0 aliphatic rings. The van der Waals surface area contributed by atoms with Gasteiger partial charge in [0.2, 0.25) is 5.91 Å². The van der Waals surface area contributed by atoms with Gasteiger partial charge < -0.3 is 5.32 Å². The zero-order chi connectivity index (χ0) is 14.0. The first-order valence-corrected chi connectivity index (χ1v) is 5.70. The van der Waals surface area contributed by atoms with Crippen molar-refractivity contribution in [3.63, 3.8) is 0 Å². The van der Waals surface area contributed by atoms with Gasteiger partial charge in [-0.15, -0.1) is 0 Å². The molecular formula is C13H13F2N3O. The fourth-order valence-electron chi connectivity index (χ4n) is 1.78. The molecule has 0 bridgehead atoms. The minimum Gasteiger partial charge on any atom is -0.323 e. The van der Waals surface area contributed by atoms with Crippen LogP contribution in [-0.2, 0) is 18.3 Å². The summed E-state index contributed by atoms with van der Waals surface area (Å²) in [6.07, 6.45) is 0.0775. The van der Waals surface area contributed by atoms with Crippen molar-refractivity contribution in [2.45, 2.75) is 13.3 Å². The smallest absolute Gasteiger partial charge is 0.230 e. The highest BCUT2D eigenvalue weighted by molar-refractivity contribution is 5.92. The van der Waals surface area contributed by atoms with Crippen molar-refractivity contribution >= 4 is 11.6 Å². The molecule has 1 aromatic carbocycles. The van der Waals surface area contributed by atoms with Crippen molar-refractivity contribution in [2.75, 3.05) is 5.32 Å². The Morgan fingerprint density at radius 1 is 1.37 bits per heavy atom. The molecule has 0 atom stereocenters. The van der Waals surface area contributed by atoms with E-state index < -0.39 is 11.6 Å². The number of amides is 1. The normalized spacial score (nSPS) is 10.5. The summed E-state index contributed by atoms with van der Waals surface area (Å²) in [5.74, 6) is -1.86. The van der Waals surface area contributed by atoms with Gasteiger partial charge in [-0.1, -0.05) is 0 Å². The number of benzene rings is 1. The van der Waals surface area contributed by atoms with E-state index in [0.717, 1.165) is 23.5 Å². The van der Waals surface area contributed by atoms with Crippen molar-refractivity contribution in [3.05, 3.63) is 47.3 Å². The van der Waals surface area contributed by atoms with Crippen molar-refractivity contribution in [1.82, 2.24) is 9.78 Å². The monoisotopic (exact) mass is 265 g/mol. The van der Waals surface area contributed by atoms with Gasteiger partial charge in [0, 0.05) is 18.8 Å². The molecule has 1 N–H and O–H groups in total. The highest BCUT2D eigenvalue weighted by atomic mass is 19.1. The predicted octanol–water partition coefficient (Wildman–Crippen LogP) is 2.19. The predicted molar refractivity (Wildman–Crippen MR) is 66.6 cm³/mol. The lowest BCUT2D eigenvalue weighted by Crippen LogP contribution is -2.17. The maximum Gasteiger partial charge on any atom is 0.230 e. The Morgan fingerprint density at radius 2 is 2.11 bits per heavy atom. The molecule has 0 saturated heterocycles. The van der Waals surface area contributed by atoms with Gasteiger partial charge in [-0.3, -0.25) is 9.48 Å². The van der Waals surface area contributed by atoms with E-state index in [4.69, 9.17) is 0 Å². The van der Waals surface area contributed by atoms with Gasteiger partial charge in [0.05, 0.1) is 17.8 Å².